The highest BCUT2D eigenvalue weighted by Gasteiger charge is 2.17. The van der Waals surface area contributed by atoms with Crippen LogP contribution < -0.4 is 10.6 Å². The number of hydrogen-bond donors (Lipinski definition) is 2. The fourth-order valence-corrected chi connectivity index (χ4v) is 1.29. The van der Waals surface area contributed by atoms with Gasteiger partial charge in [-0.05, 0) is 34.6 Å². The summed E-state index contributed by atoms with van der Waals surface area (Å²) in [6.45, 7) is 11.6. The molecule has 0 rings (SSSR count). The normalized spacial score (nSPS) is 11.9. The summed E-state index contributed by atoms with van der Waals surface area (Å²) in [6.07, 6.45) is 0. The van der Waals surface area contributed by atoms with Crippen molar-refractivity contribution in [2.45, 2.75) is 46.3 Å². The Morgan fingerprint density at radius 1 is 1.40 bits per heavy atom. The Kier molecular flexibility index (Phi) is 6.52. The van der Waals surface area contributed by atoms with Crippen LogP contribution in [0, 0.1) is 0 Å². The number of ether oxygens (including phenoxy) is 1. The molecule has 0 heterocycles. The van der Waals surface area contributed by atoms with Crippen molar-refractivity contribution >= 4 is 5.91 Å². The van der Waals surface area contributed by atoms with Gasteiger partial charge in [0.25, 0.3) is 0 Å². The lowest BCUT2D eigenvalue weighted by Gasteiger charge is -2.24. The van der Waals surface area contributed by atoms with Gasteiger partial charge >= 0.3 is 0 Å². The number of carbonyl (C=O) groups excluding carboxylic acids is 1. The van der Waals surface area contributed by atoms with Crippen LogP contribution in [0.4, 0.5) is 0 Å². The third kappa shape index (κ3) is 8.39. The first-order chi connectivity index (χ1) is 6.87. The van der Waals surface area contributed by atoms with Crippen molar-refractivity contribution in [3.8, 4) is 0 Å². The van der Waals surface area contributed by atoms with Gasteiger partial charge in [0.05, 0.1) is 12.1 Å². The number of rotatable bonds is 7. The molecule has 1 amide bonds. The summed E-state index contributed by atoms with van der Waals surface area (Å²) in [4.78, 5) is 11.3. The van der Waals surface area contributed by atoms with E-state index in [1.54, 1.807) is 0 Å². The molecule has 0 unspecified atom stereocenters. The van der Waals surface area contributed by atoms with Gasteiger partial charge in [-0.15, -0.1) is 0 Å². The van der Waals surface area contributed by atoms with E-state index in [0.717, 1.165) is 0 Å². The van der Waals surface area contributed by atoms with Crippen LogP contribution in [0.1, 0.15) is 34.6 Å². The Labute approximate surface area is 92.8 Å². The minimum atomic E-state index is -0.215. The Morgan fingerprint density at radius 3 is 2.47 bits per heavy atom. The van der Waals surface area contributed by atoms with E-state index < -0.39 is 0 Å². The number of carbonyl (C=O) groups is 1. The van der Waals surface area contributed by atoms with Gasteiger partial charge in [-0.2, -0.15) is 0 Å². The lowest BCUT2D eigenvalue weighted by Crippen LogP contribution is -2.43. The molecule has 0 aromatic rings. The Morgan fingerprint density at radius 2 is 2.00 bits per heavy atom. The first-order valence-corrected chi connectivity index (χ1v) is 5.51. The van der Waals surface area contributed by atoms with Crippen LogP contribution in [0.5, 0.6) is 0 Å². The average Bonchev–Trinajstić information content (AvgIpc) is 2.01. The predicted molar refractivity (Wildman–Crippen MR) is 61.9 cm³/mol. The Bertz CT molecular complexity index is 191. The summed E-state index contributed by atoms with van der Waals surface area (Å²) < 4.78 is 5.50. The average molecular weight is 216 g/mol. The van der Waals surface area contributed by atoms with Crippen LogP contribution >= 0.6 is 0 Å². The molecule has 0 saturated heterocycles. The molecule has 0 aliphatic heterocycles. The van der Waals surface area contributed by atoms with Gasteiger partial charge in [-0.3, -0.25) is 4.79 Å². The van der Waals surface area contributed by atoms with E-state index in [1.165, 1.54) is 0 Å². The van der Waals surface area contributed by atoms with E-state index in [-0.39, 0.29) is 17.6 Å². The van der Waals surface area contributed by atoms with Gasteiger partial charge in [0, 0.05) is 19.2 Å². The molecule has 4 nitrogen and oxygen atoms in total. The van der Waals surface area contributed by atoms with Crippen LogP contribution in [-0.4, -0.2) is 37.2 Å². The molecular formula is C11H24N2O2. The zero-order chi connectivity index (χ0) is 11.9. The van der Waals surface area contributed by atoms with E-state index >= 15 is 0 Å². The van der Waals surface area contributed by atoms with E-state index in [4.69, 9.17) is 4.74 Å². The molecule has 0 saturated carbocycles. The first kappa shape index (κ1) is 14.4. The molecule has 2 N–H and O–H groups in total. The van der Waals surface area contributed by atoms with Gasteiger partial charge in [0.2, 0.25) is 5.91 Å². The predicted octanol–water partition coefficient (Wildman–Crippen LogP) is 0.916. The minimum Gasteiger partial charge on any atom is -0.375 e. The number of amides is 1. The van der Waals surface area contributed by atoms with Crippen LogP contribution in [0.15, 0.2) is 0 Å². The minimum absolute atomic E-state index is 0.0253. The largest absolute Gasteiger partial charge is 0.375 e. The van der Waals surface area contributed by atoms with Crippen molar-refractivity contribution in [3.05, 3.63) is 0 Å². The SMILES string of the molecule is CCOC(C)(C)CNCC(=O)NC(C)C. The molecule has 0 atom stereocenters. The molecule has 0 bridgehead atoms. The summed E-state index contributed by atoms with van der Waals surface area (Å²) in [5.74, 6) is 0.0253. The summed E-state index contributed by atoms with van der Waals surface area (Å²) in [5.41, 5.74) is -0.215. The fourth-order valence-electron chi connectivity index (χ4n) is 1.29. The molecule has 0 radical (unpaired) electrons. The Balaban J connectivity index is 3.65. The van der Waals surface area contributed by atoms with Gasteiger partial charge in [-0.25, -0.2) is 0 Å². The van der Waals surface area contributed by atoms with Crippen molar-refractivity contribution in [2.75, 3.05) is 19.7 Å². The second kappa shape index (κ2) is 6.80. The smallest absolute Gasteiger partial charge is 0.234 e. The Hall–Kier alpha value is -0.610. The molecular weight excluding hydrogens is 192 g/mol. The van der Waals surface area contributed by atoms with Crippen molar-refractivity contribution in [3.63, 3.8) is 0 Å². The standard InChI is InChI=1S/C11H24N2O2/c1-6-15-11(4,5)8-12-7-10(14)13-9(2)3/h9,12H,6-8H2,1-5H3,(H,13,14). The summed E-state index contributed by atoms with van der Waals surface area (Å²) in [5, 5.41) is 5.90. The summed E-state index contributed by atoms with van der Waals surface area (Å²) in [7, 11) is 0. The lowest BCUT2D eigenvalue weighted by atomic mass is 10.1. The number of nitrogens with one attached hydrogen (secondary N) is 2. The molecule has 0 fully saturated rings. The molecule has 0 aliphatic carbocycles. The highest BCUT2D eigenvalue weighted by molar-refractivity contribution is 5.78. The maximum atomic E-state index is 11.3. The maximum absolute atomic E-state index is 11.3. The van der Waals surface area contributed by atoms with Crippen molar-refractivity contribution < 1.29 is 9.53 Å². The van der Waals surface area contributed by atoms with Crippen molar-refractivity contribution in [2.24, 2.45) is 0 Å². The first-order valence-electron chi connectivity index (χ1n) is 5.51. The third-order valence-corrected chi connectivity index (χ3v) is 1.82. The van der Waals surface area contributed by atoms with Crippen molar-refractivity contribution in [1.82, 2.24) is 10.6 Å². The van der Waals surface area contributed by atoms with E-state index in [1.807, 2.05) is 34.6 Å². The highest BCUT2D eigenvalue weighted by atomic mass is 16.5. The lowest BCUT2D eigenvalue weighted by molar-refractivity contribution is -0.120. The quantitative estimate of drug-likeness (QED) is 0.665. The van der Waals surface area contributed by atoms with E-state index in [9.17, 15) is 4.79 Å². The molecule has 15 heavy (non-hydrogen) atoms. The summed E-state index contributed by atoms with van der Waals surface area (Å²) >= 11 is 0. The molecule has 0 aromatic heterocycles. The van der Waals surface area contributed by atoms with E-state index in [2.05, 4.69) is 10.6 Å². The number of hydrogen-bond acceptors (Lipinski definition) is 3. The summed E-state index contributed by atoms with van der Waals surface area (Å²) in [6, 6.07) is 0.194. The van der Waals surface area contributed by atoms with Crippen LogP contribution in [0.25, 0.3) is 0 Å². The van der Waals surface area contributed by atoms with Crippen molar-refractivity contribution in [1.29, 1.82) is 0 Å². The monoisotopic (exact) mass is 216 g/mol. The van der Waals surface area contributed by atoms with Gasteiger partial charge in [0.1, 0.15) is 0 Å². The van der Waals surface area contributed by atoms with Crippen LogP contribution in [-0.2, 0) is 9.53 Å². The zero-order valence-electron chi connectivity index (χ0n) is 10.5. The zero-order valence-corrected chi connectivity index (χ0v) is 10.5. The van der Waals surface area contributed by atoms with E-state index in [0.29, 0.717) is 19.7 Å². The van der Waals surface area contributed by atoms with Crippen LogP contribution in [0.3, 0.4) is 0 Å². The molecule has 0 aliphatic rings. The fraction of sp³-hybridized carbons (Fsp3) is 0.909. The van der Waals surface area contributed by atoms with Gasteiger partial charge in [-0.1, -0.05) is 0 Å². The second-order valence-corrected chi connectivity index (χ2v) is 4.52. The highest BCUT2D eigenvalue weighted by Crippen LogP contribution is 2.06. The molecule has 0 aromatic carbocycles. The molecule has 90 valence electrons. The van der Waals surface area contributed by atoms with Crippen LogP contribution in [0.2, 0.25) is 0 Å². The third-order valence-electron chi connectivity index (χ3n) is 1.82. The maximum Gasteiger partial charge on any atom is 0.234 e. The topological polar surface area (TPSA) is 50.4 Å². The second-order valence-electron chi connectivity index (χ2n) is 4.52. The van der Waals surface area contributed by atoms with Gasteiger partial charge < -0.3 is 15.4 Å². The van der Waals surface area contributed by atoms with Gasteiger partial charge in [0.15, 0.2) is 0 Å². The molecule has 4 heteroatoms. The molecule has 0 spiro atoms.